The van der Waals surface area contributed by atoms with Crippen LogP contribution in [-0.2, 0) is 17.6 Å². The average Bonchev–Trinajstić information content (AvgIpc) is 2.80. The number of aryl methyl sites for hydroxylation is 2. The Labute approximate surface area is 98.6 Å². The molecule has 0 aromatic carbocycles. The summed E-state index contributed by atoms with van der Waals surface area (Å²) in [5.41, 5.74) is 1.92. The second kappa shape index (κ2) is 4.48. The number of carbonyl (C=O) groups excluding carboxylic acids is 1. The van der Waals surface area contributed by atoms with Crippen molar-refractivity contribution in [1.82, 2.24) is 19.6 Å². The third kappa shape index (κ3) is 1.98. The van der Waals surface area contributed by atoms with Crippen LogP contribution in [0.15, 0.2) is 6.07 Å². The molecule has 17 heavy (non-hydrogen) atoms. The van der Waals surface area contributed by atoms with Crippen LogP contribution in [0.5, 0.6) is 0 Å². The van der Waals surface area contributed by atoms with E-state index in [-0.39, 0.29) is 5.82 Å². The molecule has 0 N–H and O–H groups in total. The zero-order valence-electron chi connectivity index (χ0n) is 10.1. The summed E-state index contributed by atoms with van der Waals surface area (Å²) in [6, 6.07) is 1.97. The van der Waals surface area contributed by atoms with Gasteiger partial charge in [0.2, 0.25) is 0 Å². The predicted molar refractivity (Wildman–Crippen MR) is 60.9 cm³/mol. The molecule has 0 amide bonds. The smallest absolute Gasteiger partial charge is 0.378 e. The highest BCUT2D eigenvalue weighted by Gasteiger charge is 2.15. The molecule has 6 nitrogen and oxygen atoms in total. The molecule has 2 rings (SSSR count). The number of aromatic nitrogens is 4. The molecule has 2 aromatic rings. The number of hydrogen-bond donors (Lipinski definition) is 0. The predicted octanol–water partition coefficient (Wildman–Crippen LogP) is 1.04. The van der Waals surface area contributed by atoms with Gasteiger partial charge in [0.25, 0.3) is 11.6 Å². The Morgan fingerprint density at radius 2 is 2.12 bits per heavy atom. The number of nitrogens with zero attached hydrogens (tertiary/aromatic N) is 4. The second-order valence-corrected chi connectivity index (χ2v) is 3.58. The Balaban J connectivity index is 2.62. The van der Waals surface area contributed by atoms with Gasteiger partial charge in [-0.25, -0.2) is 14.3 Å². The number of hydrogen-bond acceptors (Lipinski definition) is 5. The molecular formula is C11H14N4O2. The fourth-order valence-electron chi connectivity index (χ4n) is 1.59. The fourth-order valence-corrected chi connectivity index (χ4v) is 1.59. The van der Waals surface area contributed by atoms with Crippen LogP contribution in [0.25, 0.3) is 5.78 Å². The van der Waals surface area contributed by atoms with Gasteiger partial charge >= 0.3 is 5.97 Å². The molecule has 90 valence electrons. The normalized spacial score (nSPS) is 10.8. The Bertz CT molecular complexity index is 562. The summed E-state index contributed by atoms with van der Waals surface area (Å²) >= 11 is 0. The largest absolute Gasteiger partial charge is 0.463 e. The van der Waals surface area contributed by atoms with E-state index in [9.17, 15) is 4.79 Å². The van der Waals surface area contributed by atoms with Crippen molar-refractivity contribution in [3.63, 3.8) is 0 Å². The first kappa shape index (κ1) is 11.5. The first-order chi connectivity index (χ1) is 8.19. The fraction of sp³-hybridized carbons (Fsp3) is 0.455. The van der Waals surface area contributed by atoms with Crippen molar-refractivity contribution in [2.24, 2.45) is 0 Å². The summed E-state index contributed by atoms with van der Waals surface area (Å²) in [4.78, 5) is 19.7. The van der Waals surface area contributed by atoms with E-state index in [0.717, 1.165) is 24.2 Å². The quantitative estimate of drug-likeness (QED) is 0.742. The van der Waals surface area contributed by atoms with E-state index in [1.807, 2.05) is 19.9 Å². The Hall–Kier alpha value is -1.98. The average molecular weight is 234 g/mol. The molecule has 0 aliphatic heterocycles. The number of rotatable bonds is 3. The lowest BCUT2D eigenvalue weighted by Crippen LogP contribution is -2.05. The minimum atomic E-state index is -0.546. The van der Waals surface area contributed by atoms with Crippen molar-refractivity contribution in [2.75, 3.05) is 7.11 Å². The van der Waals surface area contributed by atoms with E-state index < -0.39 is 5.97 Å². The van der Waals surface area contributed by atoms with E-state index in [4.69, 9.17) is 0 Å². The van der Waals surface area contributed by atoms with Gasteiger partial charge in [0.05, 0.1) is 7.11 Å². The SMILES string of the molecule is CCc1cc(CC)n2nc(C(=O)OC)nc2n1. The topological polar surface area (TPSA) is 69.4 Å². The molecule has 0 bridgehead atoms. The zero-order chi connectivity index (χ0) is 12.4. The molecule has 0 spiro atoms. The first-order valence-corrected chi connectivity index (χ1v) is 5.53. The van der Waals surface area contributed by atoms with Crippen LogP contribution >= 0.6 is 0 Å². The lowest BCUT2D eigenvalue weighted by molar-refractivity contribution is 0.0587. The van der Waals surface area contributed by atoms with Crippen LogP contribution < -0.4 is 0 Å². The molecule has 0 radical (unpaired) electrons. The van der Waals surface area contributed by atoms with Gasteiger partial charge in [-0.2, -0.15) is 4.98 Å². The van der Waals surface area contributed by atoms with Gasteiger partial charge in [-0.3, -0.25) is 0 Å². The molecule has 0 aliphatic carbocycles. The third-order valence-electron chi connectivity index (χ3n) is 2.53. The van der Waals surface area contributed by atoms with Crippen LogP contribution in [0.2, 0.25) is 0 Å². The number of methoxy groups -OCH3 is 1. The molecular weight excluding hydrogens is 220 g/mol. The molecule has 6 heteroatoms. The maximum atomic E-state index is 11.3. The van der Waals surface area contributed by atoms with Crippen LogP contribution in [0.1, 0.15) is 35.9 Å². The highest BCUT2D eigenvalue weighted by atomic mass is 16.5. The van der Waals surface area contributed by atoms with E-state index in [0.29, 0.717) is 5.78 Å². The van der Waals surface area contributed by atoms with Crippen molar-refractivity contribution in [1.29, 1.82) is 0 Å². The van der Waals surface area contributed by atoms with Gasteiger partial charge in [-0.15, -0.1) is 5.10 Å². The van der Waals surface area contributed by atoms with Gasteiger partial charge in [-0.1, -0.05) is 13.8 Å². The summed E-state index contributed by atoms with van der Waals surface area (Å²) in [7, 11) is 1.31. The molecule has 2 aromatic heterocycles. The highest BCUT2D eigenvalue weighted by Crippen LogP contribution is 2.08. The van der Waals surface area contributed by atoms with Crippen molar-refractivity contribution in [3.05, 3.63) is 23.3 Å². The summed E-state index contributed by atoms with van der Waals surface area (Å²) in [5, 5.41) is 4.10. The monoisotopic (exact) mass is 234 g/mol. The number of ether oxygens (including phenoxy) is 1. The molecule has 0 unspecified atom stereocenters. The summed E-state index contributed by atoms with van der Waals surface area (Å²) in [6.07, 6.45) is 1.62. The molecule has 0 aliphatic rings. The van der Waals surface area contributed by atoms with Gasteiger partial charge in [0.1, 0.15) is 0 Å². The Morgan fingerprint density at radius 3 is 2.71 bits per heavy atom. The van der Waals surface area contributed by atoms with Crippen molar-refractivity contribution >= 4 is 11.7 Å². The lowest BCUT2D eigenvalue weighted by Gasteiger charge is -2.02. The molecule has 0 saturated carbocycles. The maximum Gasteiger partial charge on any atom is 0.378 e. The molecule has 0 saturated heterocycles. The lowest BCUT2D eigenvalue weighted by atomic mass is 10.2. The van der Waals surface area contributed by atoms with Crippen molar-refractivity contribution in [2.45, 2.75) is 26.7 Å². The Kier molecular flexibility index (Phi) is 3.03. The van der Waals surface area contributed by atoms with Gasteiger partial charge < -0.3 is 4.74 Å². The van der Waals surface area contributed by atoms with Gasteiger partial charge in [0.15, 0.2) is 0 Å². The molecule has 2 heterocycles. The Morgan fingerprint density at radius 1 is 1.35 bits per heavy atom. The summed E-state index contributed by atoms with van der Waals surface area (Å²) in [6.45, 7) is 4.05. The second-order valence-electron chi connectivity index (χ2n) is 3.58. The van der Waals surface area contributed by atoms with Gasteiger partial charge in [0, 0.05) is 11.4 Å². The van der Waals surface area contributed by atoms with E-state index >= 15 is 0 Å². The van der Waals surface area contributed by atoms with Crippen molar-refractivity contribution < 1.29 is 9.53 Å². The number of carbonyl (C=O) groups is 1. The molecule has 0 fully saturated rings. The number of fused-ring (bicyclic) bond motifs is 1. The first-order valence-electron chi connectivity index (χ1n) is 5.53. The van der Waals surface area contributed by atoms with Crippen LogP contribution in [0.3, 0.4) is 0 Å². The van der Waals surface area contributed by atoms with Crippen LogP contribution in [0, 0.1) is 0 Å². The van der Waals surface area contributed by atoms with Crippen molar-refractivity contribution in [3.8, 4) is 0 Å². The maximum absolute atomic E-state index is 11.3. The van der Waals surface area contributed by atoms with Crippen LogP contribution in [-0.4, -0.2) is 32.7 Å². The van der Waals surface area contributed by atoms with E-state index in [1.165, 1.54) is 7.11 Å². The standard InChI is InChI=1S/C11H14N4O2/c1-4-7-6-8(5-2)15-11(12-7)13-9(14-15)10(16)17-3/h6H,4-5H2,1-3H3. The minimum absolute atomic E-state index is 0.0444. The van der Waals surface area contributed by atoms with Gasteiger partial charge in [-0.05, 0) is 18.9 Å². The summed E-state index contributed by atoms with van der Waals surface area (Å²) in [5.74, 6) is -0.0554. The summed E-state index contributed by atoms with van der Waals surface area (Å²) < 4.78 is 6.18. The van der Waals surface area contributed by atoms with Crippen LogP contribution in [0.4, 0.5) is 0 Å². The molecule has 0 atom stereocenters. The minimum Gasteiger partial charge on any atom is -0.463 e. The zero-order valence-corrected chi connectivity index (χ0v) is 10.1. The van der Waals surface area contributed by atoms with E-state index in [1.54, 1.807) is 4.52 Å². The highest BCUT2D eigenvalue weighted by molar-refractivity contribution is 5.85. The third-order valence-corrected chi connectivity index (χ3v) is 2.53. The van der Waals surface area contributed by atoms with E-state index in [2.05, 4.69) is 19.8 Å². The number of esters is 1.